The Morgan fingerprint density at radius 2 is 2.29 bits per heavy atom. The summed E-state index contributed by atoms with van der Waals surface area (Å²) in [6.07, 6.45) is 2.84. The first kappa shape index (κ1) is 11.2. The molecule has 0 spiro atoms. The molecule has 0 bridgehead atoms. The lowest BCUT2D eigenvalue weighted by molar-refractivity contribution is 0.266. The Morgan fingerprint density at radius 1 is 1.64 bits per heavy atom. The van der Waals surface area contributed by atoms with Crippen LogP contribution in [-0.4, -0.2) is 47.6 Å². The van der Waals surface area contributed by atoms with Crippen molar-refractivity contribution in [3.8, 4) is 0 Å². The highest BCUT2D eigenvalue weighted by Gasteiger charge is 2.22. The van der Waals surface area contributed by atoms with Gasteiger partial charge in [-0.05, 0) is 0 Å². The van der Waals surface area contributed by atoms with Crippen LogP contribution in [0.1, 0.15) is 0 Å². The van der Waals surface area contributed by atoms with Gasteiger partial charge in [0.15, 0.2) is 5.03 Å². The van der Waals surface area contributed by atoms with E-state index in [4.69, 9.17) is 5.11 Å². The van der Waals surface area contributed by atoms with Crippen LogP contribution in [0, 0.1) is 0 Å². The van der Waals surface area contributed by atoms with E-state index >= 15 is 0 Å². The van der Waals surface area contributed by atoms with E-state index in [1.54, 1.807) is 11.6 Å². The normalized spacial score (nSPS) is 12.3. The fraction of sp³-hybridized carbons (Fsp3) is 0.571. The van der Waals surface area contributed by atoms with Crippen molar-refractivity contribution in [3.63, 3.8) is 0 Å². The molecule has 1 heterocycles. The summed E-state index contributed by atoms with van der Waals surface area (Å²) >= 11 is 0. The average molecular weight is 219 g/mol. The number of aromatic nitrogens is 2. The molecule has 0 amide bonds. The number of rotatable bonds is 4. The van der Waals surface area contributed by atoms with Crippen molar-refractivity contribution in [1.29, 1.82) is 0 Å². The number of aliphatic hydroxyl groups excluding tert-OH is 1. The largest absolute Gasteiger partial charge is 0.395 e. The maximum absolute atomic E-state index is 11.7. The molecule has 1 rings (SSSR count). The lowest BCUT2D eigenvalue weighted by Crippen LogP contribution is -2.29. The third kappa shape index (κ3) is 2.11. The predicted molar refractivity (Wildman–Crippen MR) is 50.1 cm³/mol. The van der Waals surface area contributed by atoms with E-state index < -0.39 is 10.0 Å². The minimum Gasteiger partial charge on any atom is -0.395 e. The molecule has 0 saturated carbocycles. The van der Waals surface area contributed by atoms with Gasteiger partial charge in [0.1, 0.15) is 0 Å². The molecule has 0 aliphatic carbocycles. The summed E-state index contributed by atoms with van der Waals surface area (Å²) in [6, 6.07) is 0. The van der Waals surface area contributed by atoms with E-state index in [0.717, 1.165) is 4.31 Å². The number of hydrogen-bond acceptors (Lipinski definition) is 4. The fourth-order valence-corrected chi connectivity index (χ4v) is 2.06. The quantitative estimate of drug-likeness (QED) is 0.707. The second-order valence-electron chi connectivity index (χ2n) is 2.93. The number of sulfonamides is 1. The first-order valence-electron chi connectivity index (χ1n) is 4.03. The molecule has 0 radical (unpaired) electrons. The Morgan fingerprint density at radius 3 is 2.71 bits per heavy atom. The van der Waals surface area contributed by atoms with Crippen LogP contribution < -0.4 is 0 Å². The zero-order valence-corrected chi connectivity index (χ0v) is 8.90. The first-order valence-corrected chi connectivity index (χ1v) is 5.47. The summed E-state index contributed by atoms with van der Waals surface area (Å²) in [5, 5.41) is 8.62. The standard InChI is InChI=1S/C7H13N3O3S/c1-9-5-7(8-6-9)14(12,13)10(2)3-4-11/h5-6,11H,3-4H2,1-2H3. The molecule has 0 fully saturated rings. The van der Waals surface area contributed by atoms with Gasteiger partial charge in [0.25, 0.3) is 10.0 Å². The third-order valence-electron chi connectivity index (χ3n) is 1.77. The van der Waals surface area contributed by atoms with Crippen molar-refractivity contribution >= 4 is 10.0 Å². The van der Waals surface area contributed by atoms with Crippen LogP contribution in [0.4, 0.5) is 0 Å². The molecule has 7 heteroatoms. The second-order valence-corrected chi connectivity index (χ2v) is 4.92. The van der Waals surface area contributed by atoms with Gasteiger partial charge in [0.2, 0.25) is 0 Å². The zero-order valence-electron chi connectivity index (χ0n) is 8.08. The van der Waals surface area contributed by atoms with Crippen molar-refractivity contribution in [2.24, 2.45) is 7.05 Å². The van der Waals surface area contributed by atoms with Gasteiger partial charge in [0.05, 0.1) is 12.9 Å². The Hall–Kier alpha value is -0.920. The van der Waals surface area contributed by atoms with Crippen molar-refractivity contribution in [2.45, 2.75) is 5.03 Å². The Kier molecular flexibility index (Phi) is 3.25. The molecule has 14 heavy (non-hydrogen) atoms. The molecule has 0 aliphatic heterocycles. The van der Waals surface area contributed by atoms with Crippen LogP contribution in [0.5, 0.6) is 0 Å². The SMILES string of the molecule is CN(CCO)S(=O)(=O)c1cn(C)cn1. The summed E-state index contributed by atoms with van der Waals surface area (Å²) < 4.78 is 26.0. The third-order valence-corrected chi connectivity index (χ3v) is 3.51. The molecule has 1 aromatic rings. The fourth-order valence-electron chi connectivity index (χ4n) is 0.943. The van der Waals surface area contributed by atoms with Gasteiger partial charge in [-0.2, -0.15) is 4.31 Å². The van der Waals surface area contributed by atoms with E-state index in [0.29, 0.717) is 0 Å². The molecule has 0 aliphatic rings. The van der Waals surface area contributed by atoms with Gasteiger partial charge in [-0.25, -0.2) is 13.4 Å². The highest BCUT2D eigenvalue weighted by Crippen LogP contribution is 2.09. The van der Waals surface area contributed by atoms with Gasteiger partial charge in [-0.1, -0.05) is 0 Å². The molecule has 0 unspecified atom stereocenters. The summed E-state index contributed by atoms with van der Waals surface area (Å²) in [6.45, 7) is -0.137. The van der Waals surface area contributed by atoms with Gasteiger partial charge < -0.3 is 9.67 Å². The molecule has 80 valence electrons. The molecule has 0 atom stereocenters. The van der Waals surface area contributed by atoms with E-state index in [1.165, 1.54) is 19.6 Å². The van der Waals surface area contributed by atoms with Gasteiger partial charge in [-0.3, -0.25) is 0 Å². The topological polar surface area (TPSA) is 75.4 Å². The van der Waals surface area contributed by atoms with Crippen molar-refractivity contribution in [3.05, 3.63) is 12.5 Å². The van der Waals surface area contributed by atoms with Crippen LogP contribution in [0.25, 0.3) is 0 Å². The van der Waals surface area contributed by atoms with Crippen molar-refractivity contribution in [2.75, 3.05) is 20.2 Å². The van der Waals surface area contributed by atoms with Crippen LogP contribution in [-0.2, 0) is 17.1 Å². The van der Waals surface area contributed by atoms with Gasteiger partial charge in [0, 0.05) is 26.8 Å². The van der Waals surface area contributed by atoms with Crippen molar-refractivity contribution in [1.82, 2.24) is 13.9 Å². The molecule has 6 nitrogen and oxygen atoms in total. The molecular weight excluding hydrogens is 206 g/mol. The summed E-state index contributed by atoms with van der Waals surface area (Å²) in [5.41, 5.74) is 0. The predicted octanol–water partition coefficient (Wildman–Crippen LogP) is -0.967. The highest BCUT2D eigenvalue weighted by molar-refractivity contribution is 7.89. The minimum atomic E-state index is -3.54. The molecular formula is C7H13N3O3S. The summed E-state index contributed by atoms with van der Waals surface area (Å²) in [4.78, 5) is 3.74. The number of aryl methyl sites for hydroxylation is 1. The van der Waals surface area contributed by atoms with E-state index in [-0.39, 0.29) is 18.2 Å². The highest BCUT2D eigenvalue weighted by atomic mass is 32.2. The number of aliphatic hydroxyl groups is 1. The van der Waals surface area contributed by atoms with E-state index in [9.17, 15) is 8.42 Å². The second kappa shape index (κ2) is 4.07. The van der Waals surface area contributed by atoms with E-state index in [2.05, 4.69) is 4.98 Å². The number of likely N-dealkylation sites (N-methyl/N-ethyl adjacent to an activating group) is 1. The Labute approximate surface area is 82.8 Å². The van der Waals surface area contributed by atoms with Crippen LogP contribution >= 0.6 is 0 Å². The summed E-state index contributed by atoms with van der Waals surface area (Å²) in [7, 11) is -0.443. The van der Waals surface area contributed by atoms with E-state index in [1.807, 2.05) is 0 Å². The summed E-state index contributed by atoms with van der Waals surface area (Å²) in [5.74, 6) is 0. The molecule has 0 aromatic carbocycles. The first-order chi connectivity index (χ1) is 6.48. The molecule has 1 aromatic heterocycles. The maximum atomic E-state index is 11.7. The van der Waals surface area contributed by atoms with Crippen LogP contribution in [0.3, 0.4) is 0 Å². The van der Waals surface area contributed by atoms with Crippen molar-refractivity contribution < 1.29 is 13.5 Å². The lowest BCUT2D eigenvalue weighted by Gasteiger charge is -2.13. The van der Waals surface area contributed by atoms with Gasteiger partial charge >= 0.3 is 0 Å². The minimum absolute atomic E-state index is 0.00375. The Bertz CT molecular complexity index is 398. The Balaban J connectivity index is 2.96. The average Bonchev–Trinajstić information content (AvgIpc) is 2.52. The molecule has 1 N–H and O–H groups in total. The zero-order chi connectivity index (χ0) is 10.8. The molecule has 0 saturated heterocycles. The number of imidazole rings is 1. The smallest absolute Gasteiger partial charge is 0.261 e. The van der Waals surface area contributed by atoms with Crippen LogP contribution in [0.15, 0.2) is 17.6 Å². The lowest BCUT2D eigenvalue weighted by atomic mass is 10.7. The maximum Gasteiger partial charge on any atom is 0.261 e. The van der Waals surface area contributed by atoms with Crippen LogP contribution in [0.2, 0.25) is 0 Å². The number of hydrogen-bond donors (Lipinski definition) is 1. The van der Waals surface area contributed by atoms with Gasteiger partial charge in [-0.15, -0.1) is 0 Å². The monoisotopic (exact) mass is 219 g/mol. The number of nitrogens with zero attached hydrogens (tertiary/aromatic N) is 3.